The molecule has 3 aromatic heterocycles. The molecule has 7 rings (SSSR count). The number of urea groups is 1. The number of hydrogen-bond donors (Lipinski definition) is 3. The van der Waals surface area contributed by atoms with Gasteiger partial charge < -0.3 is 24.8 Å². The van der Waals surface area contributed by atoms with E-state index in [1.54, 1.807) is 22.9 Å². The number of nitrogens with zero attached hydrogens (tertiary/aromatic N) is 6. The summed E-state index contributed by atoms with van der Waals surface area (Å²) in [6.07, 6.45) is 6.75. The van der Waals surface area contributed by atoms with Gasteiger partial charge in [-0.1, -0.05) is 56.6 Å². The molecule has 1 aliphatic heterocycles. The van der Waals surface area contributed by atoms with Gasteiger partial charge in [0.15, 0.2) is 5.65 Å². The van der Waals surface area contributed by atoms with Crippen molar-refractivity contribution < 1.29 is 19.4 Å². The van der Waals surface area contributed by atoms with Crippen LogP contribution in [0.1, 0.15) is 81.8 Å². The summed E-state index contributed by atoms with van der Waals surface area (Å²) in [7, 11) is 0. The number of pyridine rings is 1. The number of rotatable bonds is 9. The predicted octanol–water partition coefficient (Wildman–Crippen LogP) is 7.00. The topological polar surface area (TPSA) is 131 Å². The maximum atomic E-state index is 13.7. The molecule has 13 heteroatoms. The lowest BCUT2D eigenvalue weighted by molar-refractivity contribution is 0.171. The number of halogens is 1. The van der Waals surface area contributed by atoms with E-state index in [0.29, 0.717) is 35.1 Å². The fraction of sp³-hybridized carbons (Fsp3) is 0.405. The van der Waals surface area contributed by atoms with Crippen LogP contribution in [0.15, 0.2) is 66.9 Å². The summed E-state index contributed by atoms with van der Waals surface area (Å²) >= 11 is 6.63. The quantitative estimate of drug-likeness (QED) is 0.150. The molecule has 1 aliphatic carbocycles. The van der Waals surface area contributed by atoms with Crippen molar-refractivity contribution in [2.75, 3.05) is 36.5 Å². The average Bonchev–Trinajstić information content (AvgIpc) is 3.74. The highest BCUT2D eigenvalue weighted by molar-refractivity contribution is 6.32. The monoisotopic (exact) mass is 698 g/mol. The highest BCUT2D eigenvalue weighted by Crippen LogP contribution is 2.39. The van der Waals surface area contributed by atoms with Crippen LogP contribution in [0.3, 0.4) is 0 Å². The summed E-state index contributed by atoms with van der Waals surface area (Å²) in [5, 5.41) is 29.6. The lowest BCUT2D eigenvalue weighted by atomic mass is 9.85. The molecule has 0 radical (unpaired) electrons. The maximum absolute atomic E-state index is 13.7. The number of benzene rings is 2. The van der Waals surface area contributed by atoms with Crippen molar-refractivity contribution in [3.05, 3.63) is 88.7 Å². The highest BCUT2D eigenvalue weighted by atomic mass is 35.5. The lowest BCUT2D eigenvalue weighted by Gasteiger charge is -2.32. The number of carbonyl (C=O) groups is 1. The van der Waals surface area contributed by atoms with Crippen molar-refractivity contribution in [1.29, 1.82) is 0 Å². The van der Waals surface area contributed by atoms with Crippen molar-refractivity contribution in [2.24, 2.45) is 0 Å². The molecule has 2 amide bonds. The van der Waals surface area contributed by atoms with Crippen LogP contribution in [0.5, 0.6) is 11.5 Å². The Hall–Kier alpha value is -4.81. The van der Waals surface area contributed by atoms with Gasteiger partial charge in [0.2, 0.25) is 5.95 Å². The first-order chi connectivity index (χ1) is 24.2. The van der Waals surface area contributed by atoms with Gasteiger partial charge >= 0.3 is 6.03 Å². The summed E-state index contributed by atoms with van der Waals surface area (Å²) in [6, 6.07) is 18.5. The summed E-state index contributed by atoms with van der Waals surface area (Å²) in [4.78, 5) is 16.0. The van der Waals surface area contributed by atoms with Crippen molar-refractivity contribution in [3.8, 4) is 17.2 Å². The molecule has 2 aliphatic rings. The molecule has 0 saturated carbocycles. The van der Waals surface area contributed by atoms with E-state index in [9.17, 15) is 9.90 Å². The van der Waals surface area contributed by atoms with Crippen LogP contribution in [0.4, 0.5) is 16.6 Å². The van der Waals surface area contributed by atoms with E-state index in [1.165, 1.54) is 6.42 Å². The van der Waals surface area contributed by atoms with Crippen molar-refractivity contribution in [3.63, 3.8) is 0 Å². The molecular weight excluding hydrogens is 656 g/mol. The third kappa shape index (κ3) is 7.08. The van der Waals surface area contributed by atoms with E-state index < -0.39 is 0 Å². The molecule has 262 valence electrons. The Morgan fingerprint density at radius 3 is 2.54 bits per heavy atom. The normalized spacial score (nSPS) is 17.7. The first-order valence-corrected chi connectivity index (χ1v) is 17.6. The van der Waals surface area contributed by atoms with E-state index >= 15 is 0 Å². The van der Waals surface area contributed by atoms with Crippen LogP contribution >= 0.6 is 11.6 Å². The molecule has 1 saturated heterocycles. The summed E-state index contributed by atoms with van der Waals surface area (Å²) in [5.74, 6) is 2.59. The van der Waals surface area contributed by atoms with E-state index in [2.05, 4.69) is 52.6 Å². The number of amides is 2. The van der Waals surface area contributed by atoms with Gasteiger partial charge in [0.05, 0.1) is 35.2 Å². The van der Waals surface area contributed by atoms with E-state index in [-0.39, 0.29) is 36.8 Å². The average molecular weight is 699 g/mol. The number of anilines is 2. The molecule has 12 nitrogen and oxygen atoms in total. The standard InChI is InChI=1S/C37H43ClN8O4/c1-37(2,3)32-22-34(46(43-32)30-21-24(49-20-19-47)11-13-28(30)38)40-35(48)39-29-14-15-31(27-10-6-5-9-26(27)29)50-25-12-16-33-41-42-36(45(33)23-25)44-17-7-4-8-18-44/h5-6,9-13,16,21-23,29,31,47H,4,7-8,14-15,17-20H2,1-3H3,(H2,39,40,48)/t29-,31+/m0/s1. The third-order valence-corrected chi connectivity index (χ3v) is 9.56. The van der Waals surface area contributed by atoms with Gasteiger partial charge in [-0.3, -0.25) is 9.72 Å². The Kier molecular flexibility index (Phi) is 9.56. The first kappa shape index (κ1) is 33.7. The minimum atomic E-state index is -0.363. The zero-order valence-electron chi connectivity index (χ0n) is 28.6. The summed E-state index contributed by atoms with van der Waals surface area (Å²) in [5.41, 5.74) is 3.87. The minimum absolute atomic E-state index is 0.114. The van der Waals surface area contributed by atoms with Crippen LogP contribution in [0.25, 0.3) is 11.3 Å². The first-order valence-electron chi connectivity index (χ1n) is 17.2. The maximum Gasteiger partial charge on any atom is 0.320 e. The fourth-order valence-electron chi connectivity index (χ4n) is 6.66. The summed E-state index contributed by atoms with van der Waals surface area (Å²) in [6.45, 7) is 8.16. The molecule has 4 heterocycles. The molecule has 1 fully saturated rings. The number of hydrogen-bond acceptors (Lipinski definition) is 8. The molecule has 0 bridgehead atoms. The number of fused-ring (bicyclic) bond motifs is 2. The van der Waals surface area contributed by atoms with Crippen LogP contribution in [0, 0.1) is 0 Å². The Balaban J connectivity index is 1.09. The van der Waals surface area contributed by atoms with Gasteiger partial charge in [-0.05, 0) is 67.5 Å². The second-order valence-corrected chi connectivity index (χ2v) is 14.3. The number of aliphatic hydroxyl groups is 1. The molecule has 5 aromatic rings. The number of aromatic nitrogens is 5. The molecular formula is C37H43ClN8O4. The summed E-state index contributed by atoms with van der Waals surface area (Å²) < 4.78 is 15.9. The Morgan fingerprint density at radius 1 is 0.980 bits per heavy atom. The molecule has 0 unspecified atom stereocenters. The zero-order valence-corrected chi connectivity index (χ0v) is 29.4. The smallest absolute Gasteiger partial charge is 0.320 e. The lowest BCUT2D eigenvalue weighted by Crippen LogP contribution is -2.36. The van der Waals surface area contributed by atoms with Crippen molar-refractivity contribution in [1.82, 2.24) is 29.7 Å². The van der Waals surface area contributed by atoms with Crippen LogP contribution in [0.2, 0.25) is 5.02 Å². The Bertz CT molecular complexity index is 1980. The number of ether oxygens (including phenoxy) is 2. The number of aliphatic hydroxyl groups excluding tert-OH is 1. The molecule has 50 heavy (non-hydrogen) atoms. The van der Waals surface area contributed by atoms with E-state index in [4.69, 9.17) is 26.2 Å². The Labute approximate surface area is 296 Å². The largest absolute Gasteiger partial charge is 0.491 e. The zero-order chi connectivity index (χ0) is 34.8. The third-order valence-electron chi connectivity index (χ3n) is 9.24. The second kappa shape index (κ2) is 14.2. The van der Waals surface area contributed by atoms with Gasteiger partial charge in [0.25, 0.3) is 0 Å². The number of nitrogens with one attached hydrogen (secondary N) is 2. The molecule has 2 aromatic carbocycles. The molecule has 0 spiro atoms. The highest BCUT2D eigenvalue weighted by Gasteiger charge is 2.30. The van der Waals surface area contributed by atoms with Crippen molar-refractivity contribution in [2.45, 2.75) is 70.4 Å². The van der Waals surface area contributed by atoms with E-state index in [0.717, 1.165) is 60.1 Å². The van der Waals surface area contributed by atoms with Gasteiger partial charge in [-0.25, -0.2) is 9.48 Å². The van der Waals surface area contributed by atoms with Gasteiger partial charge in [-0.15, -0.1) is 10.2 Å². The van der Waals surface area contributed by atoms with Gasteiger partial charge in [0.1, 0.15) is 30.0 Å². The van der Waals surface area contributed by atoms with Crippen LogP contribution in [-0.2, 0) is 5.41 Å². The van der Waals surface area contributed by atoms with Crippen LogP contribution < -0.4 is 25.0 Å². The predicted molar refractivity (Wildman–Crippen MR) is 193 cm³/mol. The van der Waals surface area contributed by atoms with Gasteiger partial charge in [-0.2, -0.15) is 5.10 Å². The minimum Gasteiger partial charge on any atom is -0.491 e. The second-order valence-electron chi connectivity index (χ2n) is 13.9. The Morgan fingerprint density at radius 2 is 1.76 bits per heavy atom. The number of carbonyl (C=O) groups excluding carboxylic acids is 1. The van der Waals surface area contributed by atoms with E-state index in [1.807, 2.05) is 47.0 Å². The SMILES string of the molecule is CC(C)(C)c1cc(NC(=O)N[C@H]2CC[C@@H](Oc3ccc4nnc(N5CCCCC5)n4c3)c3ccccc32)n(-c2cc(OCCO)ccc2Cl)n1. The van der Waals surface area contributed by atoms with Crippen LogP contribution in [-0.4, -0.2) is 61.8 Å². The number of piperidine rings is 1. The van der Waals surface area contributed by atoms with Crippen molar-refractivity contribution >= 4 is 35.0 Å². The van der Waals surface area contributed by atoms with Gasteiger partial charge in [0, 0.05) is 30.6 Å². The fourth-order valence-corrected chi connectivity index (χ4v) is 6.86. The molecule has 2 atom stereocenters. The molecule has 3 N–H and O–H groups in total.